The van der Waals surface area contributed by atoms with Crippen molar-refractivity contribution in [3.8, 4) is 0 Å². The maximum atomic E-state index is 12.2. The molecule has 0 aliphatic heterocycles. The quantitative estimate of drug-likeness (QED) is 0.832. The van der Waals surface area contributed by atoms with Gasteiger partial charge in [-0.05, 0) is 36.8 Å². The Bertz CT molecular complexity index is 656. The monoisotopic (exact) mass is 299 g/mol. The van der Waals surface area contributed by atoms with Crippen molar-refractivity contribution < 1.29 is 19.1 Å². The van der Waals surface area contributed by atoms with Gasteiger partial charge in [-0.25, -0.2) is 4.79 Å². The zero-order chi connectivity index (χ0) is 15.9. The Morgan fingerprint density at radius 2 is 1.95 bits per heavy atom. The van der Waals surface area contributed by atoms with Gasteiger partial charge in [0.25, 0.3) is 0 Å². The Morgan fingerprint density at radius 1 is 1.23 bits per heavy atom. The van der Waals surface area contributed by atoms with Gasteiger partial charge in [-0.1, -0.05) is 12.1 Å². The van der Waals surface area contributed by atoms with Crippen LogP contribution in [0, 0.1) is 0 Å². The second-order valence-corrected chi connectivity index (χ2v) is 4.74. The number of amides is 1. The van der Waals surface area contributed by atoms with Crippen LogP contribution in [0.5, 0.6) is 0 Å². The summed E-state index contributed by atoms with van der Waals surface area (Å²) in [5.41, 5.74) is 1.94. The lowest BCUT2D eigenvalue weighted by molar-refractivity contribution is -0.126. The summed E-state index contributed by atoms with van der Waals surface area (Å²) < 4.78 is 5.00. The number of furan rings is 1. The summed E-state index contributed by atoms with van der Waals surface area (Å²) in [6, 6.07) is 8.18. The van der Waals surface area contributed by atoms with Crippen LogP contribution in [0.25, 0.3) is 6.08 Å². The van der Waals surface area contributed by atoms with Crippen LogP contribution in [0.2, 0.25) is 0 Å². The van der Waals surface area contributed by atoms with Crippen molar-refractivity contribution >= 4 is 18.0 Å². The third-order valence-electron chi connectivity index (χ3n) is 3.22. The third-order valence-corrected chi connectivity index (χ3v) is 3.22. The number of aromatic carboxylic acids is 1. The van der Waals surface area contributed by atoms with E-state index in [0.717, 1.165) is 11.1 Å². The highest BCUT2D eigenvalue weighted by Crippen LogP contribution is 2.09. The first-order valence-electron chi connectivity index (χ1n) is 6.91. The lowest BCUT2D eigenvalue weighted by atomic mass is 10.1. The molecule has 1 aromatic carbocycles. The van der Waals surface area contributed by atoms with Crippen molar-refractivity contribution in [1.29, 1.82) is 0 Å². The summed E-state index contributed by atoms with van der Waals surface area (Å²) in [6.45, 7) is 2.99. The van der Waals surface area contributed by atoms with Gasteiger partial charge in [-0.2, -0.15) is 0 Å². The lowest BCUT2D eigenvalue weighted by Crippen LogP contribution is -2.28. The summed E-state index contributed by atoms with van der Waals surface area (Å²) in [7, 11) is 0. The van der Waals surface area contributed by atoms with Gasteiger partial charge < -0.3 is 14.4 Å². The maximum absolute atomic E-state index is 12.2. The third kappa shape index (κ3) is 4.09. The summed E-state index contributed by atoms with van der Waals surface area (Å²) in [6.07, 6.45) is 6.35. The average Bonchev–Trinajstić information content (AvgIpc) is 3.03. The SMILES string of the molecule is CCN(Cc1ccoc1)C(=O)/C=C/c1ccc(C(=O)O)cc1. The van der Waals surface area contributed by atoms with E-state index in [1.165, 1.54) is 18.2 Å². The summed E-state index contributed by atoms with van der Waals surface area (Å²) in [5, 5.41) is 8.83. The topological polar surface area (TPSA) is 70.8 Å². The molecule has 5 nitrogen and oxygen atoms in total. The van der Waals surface area contributed by atoms with Crippen molar-refractivity contribution in [2.24, 2.45) is 0 Å². The van der Waals surface area contributed by atoms with Gasteiger partial charge in [0.2, 0.25) is 5.91 Å². The number of hydrogen-bond donors (Lipinski definition) is 1. The van der Waals surface area contributed by atoms with Gasteiger partial charge in [-0.15, -0.1) is 0 Å². The van der Waals surface area contributed by atoms with Crippen LogP contribution in [0.1, 0.15) is 28.4 Å². The molecule has 1 N–H and O–H groups in total. The molecule has 0 unspecified atom stereocenters. The molecule has 1 amide bonds. The van der Waals surface area contributed by atoms with Crippen molar-refractivity contribution in [2.75, 3.05) is 6.54 Å². The van der Waals surface area contributed by atoms with Crippen molar-refractivity contribution in [2.45, 2.75) is 13.5 Å². The van der Waals surface area contributed by atoms with E-state index in [2.05, 4.69) is 0 Å². The van der Waals surface area contributed by atoms with Crippen LogP contribution in [-0.2, 0) is 11.3 Å². The number of carboxylic acids is 1. The number of likely N-dealkylation sites (N-methyl/N-ethyl adjacent to an activating group) is 1. The fraction of sp³-hybridized carbons (Fsp3) is 0.176. The van der Waals surface area contributed by atoms with Crippen LogP contribution in [0.15, 0.2) is 53.4 Å². The van der Waals surface area contributed by atoms with Crippen molar-refractivity contribution in [3.05, 3.63) is 65.6 Å². The van der Waals surface area contributed by atoms with E-state index in [-0.39, 0.29) is 11.5 Å². The largest absolute Gasteiger partial charge is 0.478 e. The molecule has 2 aromatic rings. The molecule has 0 aliphatic carbocycles. The van der Waals surface area contributed by atoms with E-state index in [4.69, 9.17) is 9.52 Å². The summed E-state index contributed by atoms with van der Waals surface area (Å²) >= 11 is 0. The Balaban J connectivity index is 2.01. The number of carbonyl (C=O) groups excluding carboxylic acids is 1. The molecule has 5 heteroatoms. The second kappa shape index (κ2) is 7.26. The first-order valence-corrected chi connectivity index (χ1v) is 6.91. The lowest BCUT2D eigenvalue weighted by Gasteiger charge is -2.17. The minimum Gasteiger partial charge on any atom is -0.478 e. The number of carboxylic acid groups (broad SMARTS) is 1. The number of rotatable bonds is 6. The maximum Gasteiger partial charge on any atom is 0.335 e. The van der Waals surface area contributed by atoms with E-state index < -0.39 is 5.97 Å². The van der Waals surface area contributed by atoms with E-state index >= 15 is 0 Å². The fourth-order valence-electron chi connectivity index (χ4n) is 1.96. The van der Waals surface area contributed by atoms with Gasteiger partial charge in [0.15, 0.2) is 0 Å². The predicted octanol–water partition coefficient (Wildman–Crippen LogP) is 3.04. The molecule has 0 fully saturated rings. The predicted molar refractivity (Wildman–Crippen MR) is 82.2 cm³/mol. The average molecular weight is 299 g/mol. The molecule has 22 heavy (non-hydrogen) atoms. The van der Waals surface area contributed by atoms with E-state index in [9.17, 15) is 9.59 Å². The molecule has 0 spiro atoms. The number of hydrogen-bond acceptors (Lipinski definition) is 3. The van der Waals surface area contributed by atoms with E-state index in [1.807, 2.05) is 13.0 Å². The van der Waals surface area contributed by atoms with Crippen molar-refractivity contribution in [3.63, 3.8) is 0 Å². The first-order chi connectivity index (χ1) is 10.6. The second-order valence-electron chi connectivity index (χ2n) is 4.74. The van der Waals surface area contributed by atoms with Crippen LogP contribution < -0.4 is 0 Å². The molecular formula is C17H17NO4. The van der Waals surface area contributed by atoms with Crippen LogP contribution in [0.4, 0.5) is 0 Å². The zero-order valence-corrected chi connectivity index (χ0v) is 12.2. The van der Waals surface area contributed by atoms with Gasteiger partial charge in [0.05, 0.1) is 18.1 Å². The molecule has 0 saturated carbocycles. The Labute approximate surface area is 128 Å². The van der Waals surface area contributed by atoms with Crippen LogP contribution >= 0.6 is 0 Å². The molecule has 0 saturated heterocycles. The smallest absolute Gasteiger partial charge is 0.335 e. The molecule has 0 radical (unpaired) electrons. The van der Waals surface area contributed by atoms with Crippen LogP contribution in [0.3, 0.4) is 0 Å². The molecule has 1 heterocycles. The molecule has 0 bridgehead atoms. The van der Waals surface area contributed by atoms with E-state index in [0.29, 0.717) is 13.1 Å². The number of carbonyl (C=O) groups is 2. The number of benzene rings is 1. The molecule has 114 valence electrons. The Kier molecular flexibility index (Phi) is 5.14. The molecular weight excluding hydrogens is 282 g/mol. The molecule has 0 atom stereocenters. The van der Waals surface area contributed by atoms with E-state index in [1.54, 1.807) is 35.6 Å². The Hall–Kier alpha value is -2.82. The summed E-state index contributed by atoms with van der Waals surface area (Å²) in [5.74, 6) is -1.07. The van der Waals surface area contributed by atoms with Gasteiger partial charge >= 0.3 is 5.97 Å². The minimum absolute atomic E-state index is 0.106. The molecule has 0 aliphatic rings. The molecule has 2 rings (SSSR count). The summed E-state index contributed by atoms with van der Waals surface area (Å²) in [4.78, 5) is 24.6. The number of nitrogens with zero attached hydrogens (tertiary/aromatic N) is 1. The molecule has 1 aromatic heterocycles. The minimum atomic E-state index is -0.969. The Morgan fingerprint density at radius 3 is 2.50 bits per heavy atom. The first kappa shape index (κ1) is 15.6. The van der Waals surface area contributed by atoms with Crippen LogP contribution in [-0.4, -0.2) is 28.4 Å². The van der Waals surface area contributed by atoms with Gasteiger partial charge in [0.1, 0.15) is 0 Å². The standard InChI is InChI=1S/C17H17NO4/c1-2-18(11-14-9-10-22-12-14)16(19)8-5-13-3-6-15(7-4-13)17(20)21/h3-10,12H,2,11H2,1H3,(H,20,21)/b8-5+. The fourth-order valence-corrected chi connectivity index (χ4v) is 1.96. The highest BCUT2D eigenvalue weighted by Gasteiger charge is 2.09. The van der Waals surface area contributed by atoms with Gasteiger partial charge in [0, 0.05) is 24.7 Å². The van der Waals surface area contributed by atoms with Gasteiger partial charge in [-0.3, -0.25) is 4.79 Å². The normalized spacial score (nSPS) is 10.8. The highest BCUT2D eigenvalue weighted by molar-refractivity contribution is 5.92. The highest BCUT2D eigenvalue weighted by atomic mass is 16.4. The zero-order valence-electron chi connectivity index (χ0n) is 12.2. The van der Waals surface area contributed by atoms with Crippen molar-refractivity contribution in [1.82, 2.24) is 4.90 Å².